The lowest BCUT2D eigenvalue weighted by atomic mass is 10.2. The van der Waals surface area contributed by atoms with Gasteiger partial charge in [-0.1, -0.05) is 12.8 Å². The smallest absolute Gasteiger partial charge is 0.338 e. The first kappa shape index (κ1) is 17.4. The molecule has 0 saturated heterocycles. The summed E-state index contributed by atoms with van der Waals surface area (Å²) in [5.41, 5.74) is 0.375. The molecule has 0 aliphatic heterocycles. The summed E-state index contributed by atoms with van der Waals surface area (Å²) in [6.07, 6.45) is 4.98. The van der Waals surface area contributed by atoms with Gasteiger partial charge in [-0.25, -0.2) is 4.79 Å². The van der Waals surface area contributed by atoms with Gasteiger partial charge < -0.3 is 24.3 Å². The SMILES string of the molecule is COc1cc(C(=O)OCCNC2CCCC2)cc(OC)c1OC. The van der Waals surface area contributed by atoms with E-state index in [4.69, 9.17) is 18.9 Å². The third-order valence-electron chi connectivity index (χ3n) is 4.02. The summed E-state index contributed by atoms with van der Waals surface area (Å²) in [6, 6.07) is 3.75. The Morgan fingerprint density at radius 2 is 1.70 bits per heavy atom. The molecule has 0 aromatic heterocycles. The van der Waals surface area contributed by atoms with Crippen LogP contribution in [0.15, 0.2) is 12.1 Å². The molecule has 23 heavy (non-hydrogen) atoms. The van der Waals surface area contributed by atoms with Crippen molar-refractivity contribution < 1.29 is 23.7 Å². The van der Waals surface area contributed by atoms with Crippen LogP contribution in [-0.2, 0) is 4.74 Å². The lowest BCUT2D eigenvalue weighted by Gasteiger charge is -2.14. The van der Waals surface area contributed by atoms with Crippen LogP contribution in [0.2, 0.25) is 0 Å². The number of esters is 1. The number of ether oxygens (including phenoxy) is 4. The number of hydrogen-bond donors (Lipinski definition) is 1. The summed E-state index contributed by atoms with van der Waals surface area (Å²) in [6.45, 7) is 1.01. The fraction of sp³-hybridized carbons (Fsp3) is 0.588. The van der Waals surface area contributed by atoms with Gasteiger partial charge in [0.2, 0.25) is 5.75 Å². The Hall–Kier alpha value is -1.95. The summed E-state index contributed by atoms with van der Waals surface area (Å²) < 4.78 is 21.0. The van der Waals surface area contributed by atoms with Crippen molar-refractivity contribution >= 4 is 5.97 Å². The molecule has 1 aromatic rings. The summed E-state index contributed by atoms with van der Waals surface area (Å²) >= 11 is 0. The molecule has 1 fully saturated rings. The largest absolute Gasteiger partial charge is 0.493 e. The van der Waals surface area contributed by atoms with Crippen LogP contribution >= 0.6 is 0 Å². The minimum Gasteiger partial charge on any atom is -0.493 e. The minimum absolute atomic E-state index is 0.339. The van der Waals surface area contributed by atoms with Gasteiger partial charge in [0.1, 0.15) is 6.61 Å². The van der Waals surface area contributed by atoms with Gasteiger partial charge in [0, 0.05) is 12.6 Å². The van der Waals surface area contributed by atoms with E-state index in [-0.39, 0.29) is 0 Å². The fourth-order valence-corrected chi connectivity index (χ4v) is 2.82. The minimum atomic E-state index is -0.405. The molecule has 0 amide bonds. The van der Waals surface area contributed by atoms with Crippen LogP contribution in [0.3, 0.4) is 0 Å². The molecule has 1 aliphatic rings. The third kappa shape index (κ3) is 4.51. The van der Waals surface area contributed by atoms with Gasteiger partial charge in [-0.15, -0.1) is 0 Å². The Morgan fingerprint density at radius 3 is 2.22 bits per heavy atom. The van der Waals surface area contributed by atoms with E-state index in [0.717, 1.165) is 0 Å². The van der Waals surface area contributed by atoms with Crippen molar-refractivity contribution in [3.8, 4) is 17.2 Å². The number of carbonyl (C=O) groups is 1. The van der Waals surface area contributed by atoms with Gasteiger partial charge in [-0.2, -0.15) is 0 Å². The van der Waals surface area contributed by atoms with Crippen LogP contribution in [0.25, 0.3) is 0 Å². The molecular formula is C17H25NO5. The van der Waals surface area contributed by atoms with Crippen LogP contribution in [0.4, 0.5) is 0 Å². The second-order valence-corrected chi connectivity index (χ2v) is 5.49. The predicted octanol–water partition coefficient (Wildman–Crippen LogP) is 2.40. The zero-order valence-corrected chi connectivity index (χ0v) is 14.0. The maximum Gasteiger partial charge on any atom is 0.338 e. The van der Waals surface area contributed by atoms with Crippen molar-refractivity contribution in [3.05, 3.63) is 17.7 Å². The first-order valence-corrected chi connectivity index (χ1v) is 7.90. The van der Waals surface area contributed by atoms with E-state index >= 15 is 0 Å². The van der Waals surface area contributed by atoms with Gasteiger partial charge in [-0.05, 0) is 25.0 Å². The van der Waals surface area contributed by atoms with E-state index in [2.05, 4.69) is 5.32 Å². The van der Waals surface area contributed by atoms with Crippen molar-refractivity contribution in [2.24, 2.45) is 0 Å². The highest BCUT2D eigenvalue weighted by molar-refractivity contribution is 5.91. The van der Waals surface area contributed by atoms with Crippen molar-refractivity contribution in [2.75, 3.05) is 34.5 Å². The average Bonchev–Trinajstić information content (AvgIpc) is 3.10. The van der Waals surface area contributed by atoms with Gasteiger partial charge in [0.15, 0.2) is 11.5 Å². The molecule has 1 aromatic carbocycles. The Labute approximate surface area is 137 Å². The van der Waals surface area contributed by atoms with Crippen LogP contribution in [0.5, 0.6) is 17.2 Å². The monoisotopic (exact) mass is 323 g/mol. The van der Waals surface area contributed by atoms with E-state index in [1.165, 1.54) is 47.0 Å². The van der Waals surface area contributed by atoms with Crippen LogP contribution in [-0.4, -0.2) is 46.5 Å². The molecule has 128 valence electrons. The molecule has 6 heteroatoms. The number of nitrogens with one attached hydrogen (secondary N) is 1. The molecule has 0 heterocycles. The second kappa shape index (κ2) is 8.62. The summed E-state index contributed by atoms with van der Waals surface area (Å²) in [5.74, 6) is 0.915. The molecule has 1 aliphatic carbocycles. The van der Waals surface area contributed by atoms with E-state index in [1.54, 1.807) is 12.1 Å². The highest BCUT2D eigenvalue weighted by Gasteiger charge is 2.18. The van der Waals surface area contributed by atoms with E-state index in [1.807, 2.05) is 0 Å². The second-order valence-electron chi connectivity index (χ2n) is 5.49. The van der Waals surface area contributed by atoms with Crippen LogP contribution in [0, 0.1) is 0 Å². The maximum atomic E-state index is 12.2. The lowest BCUT2D eigenvalue weighted by molar-refractivity contribution is 0.0505. The Kier molecular flexibility index (Phi) is 6.52. The van der Waals surface area contributed by atoms with Crippen molar-refractivity contribution in [2.45, 2.75) is 31.7 Å². The molecule has 2 rings (SSSR count). The molecule has 6 nitrogen and oxygen atoms in total. The highest BCUT2D eigenvalue weighted by Crippen LogP contribution is 2.38. The average molecular weight is 323 g/mol. The highest BCUT2D eigenvalue weighted by atomic mass is 16.5. The standard InChI is InChI=1S/C17H25NO5/c1-20-14-10-12(11-15(21-2)16(14)22-3)17(19)23-9-8-18-13-6-4-5-7-13/h10-11,13,18H,4-9H2,1-3H3. The Balaban J connectivity index is 1.92. The van der Waals surface area contributed by atoms with E-state index < -0.39 is 5.97 Å². The molecule has 0 atom stereocenters. The first-order chi connectivity index (χ1) is 11.2. The maximum absolute atomic E-state index is 12.2. The summed E-state index contributed by atoms with van der Waals surface area (Å²) in [4.78, 5) is 12.2. The number of methoxy groups -OCH3 is 3. The number of carbonyl (C=O) groups excluding carboxylic acids is 1. The van der Waals surface area contributed by atoms with Gasteiger partial charge in [-0.3, -0.25) is 0 Å². The predicted molar refractivity (Wildman–Crippen MR) is 86.6 cm³/mol. The normalized spacial score (nSPS) is 14.6. The lowest BCUT2D eigenvalue weighted by Crippen LogP contribution is -2.30. The Bertz CT molecular complexity index is 501. The van der Waals surface area contributed by atoms with Gasteiger partial charge >= 0.3 is 5.97 Å². The van der Waals surface area contributed by atoms with Crippen LogP contribution < -0.4 is 19.5 Å². The van der Waals surface area contributed by atoms with Crippen molar-refractivity contribution in [3.63, 3.8) is 0 Å². The third-order valence-corrected chi connectivity index (χ3v) is 4.02. The molecule has 0 spiro atoms. The molecule has 0 bridgehead atoms. The Morgan fingerprint density at radius 1 is 1.09 bits per heavy atom. The molecule has 1 N–H and O–H groups in total. The molecule has 1 saturated carbocycles. The van der Waals surface area contributed by atoms with E-state index in [9.17, 15) is 4.79 Å². The number of hydrogen-bond acceptors (Lipinski definition) is 6. The molecule has 0 radical (unpaired) electrons. The number of rotatable bonds is 8. The first-order valence-electron chi connectivity index (χ1n) is 7.90. The summed E-state index contributed by atoms with van der Waals surface area (Å²) in [7, 11) is 4.54. The van der Waals surface area contributed by atoms with Crippen molar-refractivity contribution in [1.29, 1.82) is 0 Å². The molecule has 0 unspecified atom stereocenters. The van der Waals surface area contributed by atoms with Crippen LogP contribution in [0.1, 0.15) is 36.0 Å². The zero-order chi connectivity index (χ0) is 16.7. The number of benzene rings is 1. The van der Waals surface area contributed by atoms with Crippen molar-refractivity contribution in [1.82, 2.24) is 5.32 Å². The zero-order valence-electron chi connectivity index (χ0n) is 14.0. The fourth-order valence-electron chi connectivity index (χ4n) is 2.82. The quantitative estimate of drug-likeness (QED) is 0.585. The molecular weight excluding hydrogens is 298 g/mol. The van der Waals surface area contributed by atoms with Gasteiger partial charge in [0.05, 0.1) is 26.9 Å². The van der Waals surface area contributed by atoms with Gasteiger partial charge in [0.25, 0.3) is 0 Å². The summed E-state index contributed by atoms with van der Waals surface area (Å²) in [5, 5.41) is 3.41. The van der Waals surface area contributed by atoms with E-state index in [0.29, 0.717) is 42.0 Å². The topological polar surface area (TPSA) is 66.0 Å².